The lowest BCUT2D eigenvalue weighted by Gasteiger charge is -2.39. The SMILES string of the molecule is CNC1(C)CCN(CCSC)CC1. The molecule has 2 nitrogen and oxygen atoms in total. The molecule has 0 aromatic rings. The van der Waals surface area contributed by atoms with Crippen molar-refractivity contribution in [2.24, 2.45) is 0 Å². The third-order valence-corrected chi connectivity index (χ3v) is 3.77. The van der Waals surface area contributed by atoms with E-state index in [1.54, 1.807) is 0 Å². The predicted molar refractivity (Wildman–Crippen MR) is 61.5 cm³/mol. The van der Waals surface area contributed by atoms with Gasteiger partial charge < -0.3 is 10.2 Å². The van der Waals surface area contributed by atoms with Crippen LogP contribution in [-0.2, 0) is 0 Å². The van der Waals surface area contributed by atoms with Gasteiger partial charge in [-0.1, -0.05) is 0 Å². The van der Waals surface area contributed by atoms with E-state index in [0.29, 0.717) is 5.54 Å². The maximum Gasteiger partial charge on any atom is 0.0174 e. The van der Waals surface area contributed by atoms with Crippen molar-refractivity contribution >= 4 is 11.8 Å². The molecule has 0 aromatic carbocycles. The van der Waals surface area contributed by atoms with Crippen molar-refractivity contribution in [3.63, 3.8) is 0 Å². The number of likely N-dealkylation sites (tertiary alicyclic amines) is 1. The van der Waals surface area contributed by atoms with Crippen molar-refractivity contribution < 1.29 is 0 Å². The lowest BCUT2D eigenvalue weighted by atomic mass is 9.90. The zero-order chi connectivity index (χ0) is 9.73. The van der Waals surface area contributed by atoms with E-state index in [0.717, 1.165) is 0 Å². The molecule has 0 spiro atoms. The Morgan fingerprint density at radius 3 is 2.46 bits per heavy atom. The molecule has 1 rings (SSSR count). The highest BCUT2D eigenvalue weighted by Gasteiger charge is 2.27. The highest BCUT2D eigenvalue weighted by molar-refractivity contribution is 7.98. The number of rotatable bonds is 4. The summed E-state index contributed by atoms with van der Waals surface area (Å²) in [7, 11) is 2.08. The van der Waals surface area contributed by atoms with E-state index in [2.05, 4.69) is 30.4 Å². The summed E-state index contributed by atoms with van der Waals surface area (Å²) in [5.41, 5.74) is 0.399. The minimum absolute atomic E-state index is 0.399. The molecule has 1 fully saturated rings. The van der Waals surface area contributed by atoms with Gasteiger partial charge in [-0.15, -0.1) is 0 Å². The highest BCUT2D eigenvalue weighted by Crippen LogP contribution is 2.20. The number of piperidine rings is 1. The molecule has 1 heterocycles. The Morgan fingerprint density at radius 2 is 2.00 bits per heavy atom. The minimum Gasteiger partial charge on any atom is -0.314 e. The average Bonchev–Trinajstić information content (AvgIpc) is 2.17. The lowest BCUT2D eigenvalue weighted by Crippen LogP contribution is -2.50. The maximum atomic E-state index is 3.43. The number of nitrogens with zero attached hydrogens (tertiary/aromatic N) is 1. The first-order valence-corrected chi connectivity index (χ1v) is 6.50. The van der Waals surface area contributed by atoms with Gasteiger partial charge in [-0.2, -0.15) is 11.8 Å². The normalized spacial score (nSPS) is 23.3. The summed E-state index contributed by atoms with van der Waals surface area (Å²) < 4.78 is 0. The molecule has 0 radical (unpaired) electrons. The minimum atomic E-state index is 0.399. The van der Waals surface area contributed by atoms with E-state index < -0.39 is 0 Å². The Morgan fingerprint density at radius 1 is 1.38 bits per heavy atom. The molecule has 0 unspecified atom stereocenters. The Bertz CT molecular complexity index is 142. The monoisotopic (exact) mass is 202 g/mol. The van der Waals surface area contributed by atoms with Gasteiger partial charge in [-0.3, -0.25) is 0 Å². The smallest absolute Gasteiger partial charge is 0.0174 e. The lowest BCUT2D eigenvalue weighted by molar-refractivity contribution is 0.159. The van der Waals surface area contributed by atoms with Gasteiger partial charge in [0.05, 0.1) is 0 Å². The van der Waals surface area contributed by atoms with E-state index in [4.69, 9.17) is 0 Å². The molecule has 78 valence electrons. The van der Waals surface area contributed by atoms with Gasteiger partial charge >= 0.3 is 0 Å². The molecule has 0 bridgehead atoms. The average molecular weight is 202 g/mol. The summed E-state index contributed by atoms with van der Waals surface area (Å²) in [5.74, 6) is 1.27. The Kier molecular flexibility index (Phi) is 4.56. The van der Waals surface area contributed by atoms with Gasteiger partial charge in [0.15, 0.2) is 0 Å². The molecule has 0 atom stereocenters. The third-order valence-electron chi connectivity index (χ3n) is 3.17. The second-order valence-electron chi connectivity index (χ2n) is 4.15. The summed E-state index contributed by atoms with van der Waals surface area (Å²) in [4.78, 5) is 2.58. The van der Waals surface area contributed by atoms with E-state index >= 15 is 0 Å². The molecular weight excluding hydrogens is 180 g/mol. The number of nitrogens with one attached hydrogen (secondary N) is 1. The molecule has 1 aliphatic rings. The molecule has 0 amide bonds. The van der Waals surface area contributed by atoms with Crippen molar-refractivity contribution in [2.75, 3.05) is 38.7 Å². The molecule has 0 aromatic heterocycles. The summed E-state index contributed by atoms with van der Waals surface area (Å²) in [6, 6.07) is 0. The van der Waals surface area contributed by atoms with Crippen LogP contribution in [0.25, 0.3) is 0 Å². The standard InChI is InChI=1S/C10H22N2S/c1-10(11-2)4-6-12(7-5-10)8-9-13-3/h11H,4-9H2,1-3H3. The third kappa shape index (κ3) is 3.49. The van der Waals surface area contributed by atoms with Crippen LogP contribution in [0.2, 0.25) is 0 Å². The van der Waals surface area contributed by atoms with Crippen molar-refractivity contribution in [3.05, 3.63) is 0 Å². The Hall–Kier alpha value is 0.270. The molecule has 13 heavy (non-hydrogen) atoms. The number of hydrogen-bond donors (Lipinski definition) is 1. The van der Waals surface area contributed by atoms with Gasteiger partial charge in [0.1, 0.15) is 0 Å². The van der Waals surface area contributed by atoms with Gasteiger partial charge in [0, 0.05) is 17.8 Å². The van der Waals surface area contributed by atoms with Crippen LogP contribution in [0.1, 0.15) is 19.8 Å². The van der Waals surface area contributed by atoms with Crippen molar-refractivity contribution in [1.29, 1.82) is 0 Å². The Labute approximate surface area is 86.5 Å². The van der Waals surface area contributed by atoms with Crippen molar-refractivity contribution in [2.45, 2.75) is 25.3 Å². The van der Waals surface area contributed by atoms with Crippen LogP contribution < -0.4 is 5.32 Å². The molecule has 3 heteroatoms. The fourth-order valence-corrected chi connectivity index (χ4v) is 2.18. The molecule has 1 aliphatic heterocycles. The zero-order valence-electron chi connectivity index (χ0n) is 9.10. The van der Waals surface area contributed by atoms with Crippen molar-refractivity contribution in [1.82, 2.24) is 10.2 Å². The molecule has 0 saturated carbocycles. The number of hydrogen-bond acceptors (Lipinski definition) is 3. The van der Waals surface area contributed by atoms with E-state index in [9.17, 15) is 0 Å². The zero-order valence-corrected chi connectivity index (χ0v) is 9.91. The van der Waals surface area contributed by atoms with Gasteiger partial charge in [-0.25, -0.2) is 0 Å². The fraction of sp³-hybridized carbons (Fsp3) is 1.00. The van der Waals surface area contributed by atoms with Crippen LogP contribution in [0, 0.1) is 0 Å². The van der Waals surface area contributed by atoms with Crippen LogP contribution in [0.3, 0.4) is 0 Å². The second kappa shape index (κ2) is 5.23. The maximum absolute atomic E-state index is 3.43. The van der Waals surface area contributed by atoms with E-state index in [-0.39, 0.29) is 0 Å². The van der Waals surface area contributed by atoms with Crippen LogP contribution >= 0.6 is 11.8 Å². The van der Waals surface area contributed by atoms with Crippen LogP contribution in [0.15, 0.2) is 0 Å². The Balaban J connectivity index is 2.22. The summed E-state index contributed by atoms with van der Waals surface area (Å²) >= 11 is 1.94. The van der Waals surface area contributed by atoms with Gasteiger partial charge in [-0.05, 0) is 46.2 Å². The fourth-order valence-electron chi connectivity index (χ4n) is 1.74. The summed E-state index contributed by atoms with van der Waals surface area (Å²) in [5, 5.41) is 3.43. The van der Waals surface area contributed by atoms with E-state index in [1.165, 1.54) is 38.2 Å². The molecule has 1 saturated heterocycles. The summed E-state index contributed by atoms with van der Waals surface area (Å²) in [6.07, 6.45) is 4.76. The molecule has 0 aliphatic carbocycles. The predicted octanol–water partition coefficient (Wildman–Crippen LogP) is 1.42. The first-order chi connectivity index (χ1) is 6.20. The molecule has 1 N–H and O–H groups in total. The summed E-state index contributed by atoms with van der Waals surface area (Å²) in [6.45, 7) is 6.12. The highest BCUT2D eigenvalue weighted by atomic mass is 32.2. The first kappa shape index (κ1) is 11.3. The van der Waals surface area contributed by atoms with Crippen LogP contribution in [0.4, 0.5) is 0 Å². The van der Waals surface area contributed by atoms with Crippen molar-refractivity contribution in [3.8, 4) is 0 Å². The first-order valence-electron chi connectivity index (χ1n) is 5.10. The topological polar surface area (TPSA) is 15.3 Å². The largest absolute Gasteiger partial charge is 0.314 e. The molecular formula is C10H22N2S. The number of thioether (sulfide) groups is 1. The quantitative estimate of drug-likeness (QED) is 0.742. The van der Waals surface area contributed by atoms with Gasteiger partial charge in [0.25, 0.3) is 0 Å². The van der Waals surface area contributed by atoms with Crippen LogP contribution in [-0.4, -0.2) is 49.1 Å². The van der Waals surface area contributed by atoms with E-state index in [1.807, 2.05) is 11.8 Å². The van der Waals surface area contributed by atoms with Crippen LogP contribution in [0.5, 0.6) is 0 Å². The van der Waals surface area contributed by atoms with Gasteiger partial charge in [0.2, 0.25) is 0 Å². The second-order valence-corrected chi connectivity index (χ2v) is 5.13.